The maximum absolute atomic E-state index is 2.44. The first-order chi connectivity index (χ1) is 30.0. The average molecular weight is 793 g/mol. The average Bonchev–Trinajstić information content (AvgIpc) is 3.52. The smallest absolute Gasteiger partial charge is 0.0159 e. The minimum absolute atomic E-state index is 0.100. The van der Waals surface area contributed by atoms with Gasteiger partial charge in [-0.1, -0.05) is 204 Å². The third-order valence-corrected chi connectivity index (χ3v) is 14.4. The van der Waals surface area contributed by atoms with Crippen LogP contribution >= 0.6 is 0 Å². The number of fused-ring (bicyclic) bond motifs is 5. The molecule has 0 saturated heterocycles. The SMILES string of the molecule is Cc1c2ccccc2c(-c2ccc(-c3ccc4c(c3)C(C)(C)c3cc(-c5ccc(-c6ccc7ccc8cc(C(C)(C)C)cc9ccc6c7c89)cc5)ccc3-4)cc2)c2ccccc12. The Labute approximate surface area is 364 Å². The van der Waals surface area contributed by atoms with E-state index in [4.69, 9.17) is 0 Å². The number of aryl methyl sites for hydroxylation is 1. The molecule has 0 spiro atoms. The van der Waals surface area contributed by atoms with Gasteiger partial charge in [-0.25, -0.2) is 0 Å². The van der Waals surface area contributed by atoms with Gasteiger partial charge in [0.2, 0.25) is 0 Å². The first kappa shape index (κ1) is 36.8. The van der Waals surface area contributed by atoms with E-state index in [1.807, 2.05) is 0 Å². The first-order valence-corrected chi connectivity index (χ1v) is 22.2. The van der Waals surface area contributed by atoms with Gasteiger partial charge in [0.1, 0.15) is 0 Å². The third kappa shape index (κ3) is 5.46. The van der Waals surface area contributed by atoms with Crippen molar-refractivity contribution in [1.29, 1.82) is 0 Å². The van der Waals surface area contributed by atoms with E-state index < -0.39 is 0 Å². The zero-order valence-corrected chi connectivity index (χ0v) is 36.3. The minimum Gasteiger partial charge on any atom is -0.0616 e. The van der Waals surface area contributed by atoms with E-state index in [9.17, 15) is 0 Å². The molecule has 0 saturated carbocycles. The largest absolute Gasteiger partial charge is 0.0616 e. The highest BCUT2D eigenvalue weighted by Gasteiger charge is 2.36. The van der Waals surface area contributed by atoms with Gasteiger partial charge in [0, 0.05) is 5.41 Å². The quantitative estimate of drug-likeness (QED) is 0.123. The van der Waals surface area contributed by atoms with Crippen LogP contribution in [0.4, 0.5) is 0 Å². The predicted molar refractivity (Wildman–Crippen MR) is 268 cm³/mol. The fourth-order valence-corrected chi connectivity index (χ4v) is 10.9. The summed E-state index contributed by atoms with van der Waals surface area (Å²) in [6, 6.07) is 69.1. The van der Waals surface area contributed by atoms with Crippen LogP contribution < -0.4 is 0 Å². The number of hydrogen-bond donors (Lipinski definition) is 0. The molecule has 12 rings (SSSR count). The maximum Gasteiger partial charge on any atom is 0.0159 e. The van der Waals surface area contributed by atoms with E-state index in [0.717, 1.165) is 0 Å². The molecule has 1 aliphatic rings. The Morgan fingerprint density at radius 2 is 0.790 bits per heavy atom. The molecule has 0 heteroatoms. The molecule has 0 nitrogen and oxygen atoms in total. The summed E-state index contributed by atoms with van der Waals surface area (Å²) in [5.74, 6) is 0. The van der Waals surface area contributed by atoms with E-state index in [0.29, 0.717) is 0 Å². The molecule has 0 N–H and O–H groups in total. The lowest BCUT2D eigenvalue weighted by atomic mass is 9.80. The van der Waals surface area contributed by atoms with Crippen molar-refractivity contribution >= 4 is 53.9 Å². The molecule has 11 aromatic rings. The fourth-order valence-electron chi connectivity index (χ4n) is 10.9. The van der Waals surface area contributed by atoms with Crippen molar-refractivity contribution in [2.24, 2.45) is 0 Å². The molecular weight excluding hydrogens is 745 g/mol. The number of benzene rings is 11. The van der Waals surface area contributed by atoms with Gasteiger partial charge in [-0.15, -0.1) is 0 Å². The lowest BCUT2D eigenvalue weighted by molar-refractivity contribution is 0.591. The van der Waals surface area contributed by atoms with Crippen LogP contribution in [0.1, 0.15) is 56.9 Å². The van der Waals surface area contributed by atoms with Crippen LogP contribution in [0, 0.1) is 6.92 Å². The van der Waals surface area contributed by atoms with Crippen molar-refractivity contribution in [2.75, 3.05) is 0 Å². The van der Waals surface area contributed by atoms with Crippen molar-refractivity contribution in [3.05, 3.63) is 204 Å². The van der Waals surface area contributed by atoms with E-state index in [2.05, 4.69) is 224 Å². The second-order valence-electron chi connectivity index (χ2n) is 19.3. The zero-order valence-electron chi connectivity index (χ0n) is 36.3. The molecule has 296 valence electrons. The Bertz CT molecular complexity index is 3530. The molecule has 0 heterocycles. The molecule has 0 fully saturated rings. The number of rotatable bonds is 4. The third-order valence-electron chi connectivity index (χ3n) is 14.4. The van der Waals surface area contributed by atoms with Gasteiger partial charge in [-0.2, -0.15) is 0 Å². The van der Waals surface area contributed by atoms with Crippen LogP contribution in [0.15, 0.2) is 182 Å². The Kier molecular flexibility index (Phi) is 7.86. The van der Waals surface area contributed by atoms with Gasteiger partial charge in [0.05, 0.1) is 0 Å². The topological polar surface area (TPSA) is 0 Å². The van der Waals surface area contributed by atoms with Crippen LogP contribution in [-0.2, 0) is 10.8 Å². The predicted octanol–water partition coefficient (Wildman–Crippen LogP) is 17.5. The molecule has 0 bridgehead atoms. The second-order valence-corrected chi connectivity index (χ2v) is 19.3. The maximum atomic E-state index is 2.44. The summed E-state index contributed by atoms with van der Waals surface area (Å²) in [6.45, 7) is 13.9. The first-order valence-electron chi connectivity index (χ1n) is 22.2. The Hall–Kier alpha value is -7.02. The summed E-state index contributed by atoms with van der Waals surface area (Å²) in [5, 5.41) is 13.3. The van der Waals surface area contributed by atoms with Crippen molar-refractivity contribution in [3.63, 3.8) is 0 Å². The van der Waals surface area contributed by atoms with E-state index in [-0.39, 0.29) is 10.8 Å². The summed E-state index contributed by atoms with van der Waals surface area (Å²) in [5.41, 5.74) is 18.2. The highest BCUT2D eigenvalue weighted by Crippen LogP contribution is 2.51. The summed E-state index contributed by atoms with van der Waals surface area (Å²) < 4.78 is 0. The summed E-state index contributed by atoms with van der Waals surface area (Å²) in [6.07, 6.45) is 0. The number of hydrogen-bond acceptors (Lipinski definition) is 0. The molecule has 0 atom stereocenters. The van der Waals surface area contributed by atoms with E-state index >= 15 is 0 Å². The highest BCUT2D eigenvalue weighted by molar-refractivity contribution is 6.25. The van der Waals surface area contributed by atoms with Crippen molar-refractivity contribution < 1.29 is 0 Å². The van der Waals surface area contributed by atoms with Gasteiger partial charge in [0.25, 0.3) is 0 Å². The van der Waals surface area contributed by atoms with Crippen LogP contribution in [-0.4, -0.2) is 0 Å². The molecule has 1 aliphatic carbocycles. The molecule has 11 aromatic carbocycles. The molecule has 0 unspecified atom stereocenters. The minimum atomic E-state index is -0.133. The summed E-state index contributed by atoms with van der Waals surface area (Å²) in [7, 11) is 0. The summed E-state index contributed by atoms with van der Waals surface area (Å²) in [4.78, 5) is 0. The van der Waals surface area contributed by atoms with Gasteiger partial charge in [-0.3, -0.25) is 0 Å². The van der Waals surface area contributed by atoms with Crippen molar-refractivity contribution in [3.8, 4) is 55.6 Å². The van der Waals surface area contributed by atoms with Gasteiger partial charge in [-0.05, 0) is 156 Å². The normalized spacial score (nSPS) is 13.5. The van der Waals surface area contributed by atoms with Crippen LogP contribution in [0.5, 0.6) is 0 Å². The van der Waals surface area contributed by atoms with Crippen LogP contribution in [0.2, 0.25) is 0 Å². The van der Waals surface area contributed by atoms with Gasteiger partial charge >= 0.3 is 0 Å². The molecule has 0 radical (unpaired) electrons. The fraction of sp³-hybridized carbons (Fsp3) is 0.129. The Morgan fingerprint density at radius 1 is 0.355 bits per heavy atom. The highest BCUT2D eigenvalue weighted by atomic mass is 14.4. The van der Waals surface area contributed by atoms with E-state index in [1.165, 1.54) is 132 Å². The molecule has 0 aromatic heterocycles. The van der Waals surface area contributed by atoms with Gasteiger partial charge < -0.3 is 0 Å². The Morgan fingerprint density at radius 3 is 1.34 bits per heavy atom. The second kappa shape index (κ2) is 13.2. The van der Waals surface area contributed by atoms with Crippen molar-refractivity contribution in [2.45, 2.75) is 52.4 Å². The molecule has 62 heavy (non-hydrogen) atoms. The lowest BCUT2D eigenvalue weighted by Crippen LogP contribution is -2.15. The lowest BCUT2D eigenvalue weighted by Gasteiger charge is -2.23. The Balaban J connectivity index is 0.857. The molecule has 0 aliphatic heterocycles. The van der Waals surface area contributed by atoms with Crippen LogP contribution in [0.25, 0.3) is 109 Å². The molecule has 0 amide bonds. The van der Waals surface area contributed by atoms with Gasteiger partial charge in [0.15, 0.2) is 0 Å². The molecular formula is C62H48. The monoisotopic (exact) mass is 792 g/mol. The van der Waals surface area contributed by atoms with E-state index in [1.54, 1.807) is 0 Å². The van der Waals surface area contributed by atoms with Crippen LogP contribution in [0.3, 0.4) is 0 Å². The standard InChI is InChI=1S/C62H48/c1-37-48-11-7-9-13-53(48)59(54-14-10-8-12-49(37)54)41-21-17-39(18-22-41)44-27-31-52-51-30-26-43(35-56(51)62(5,6)57(52)36-44)38-15-19-40(20-16-38)50-29-25-42-23-24-45-33-47(61(2,3)4)34-46-28-32-55(50)60(42)58(45)46/h7-36H,1-6H3. The summed E-state index contributed by atoms with van der Waals surface area (Å²) >= 11 is 0. The van der Waals surface area contributed by atoms with Crippen molar-refractivity contribution in [1.82, 2.24) is 0 Å². The zero-order chi connectivity index (χ0) is 42.1.